The van der Waals surface area contributed by atoms with Crippen molar-refractivity contribution in [2.24, 2.45) is 5.92 Å². The van der Waals surface area contributed by atoms with E-state index in [2.05, 4.69) is 28.2 Å². The normalized spacial score (nSPS) is 12.9. The molecule has 0 bridgehead atoms. The first-order chi connectivity index (χ1) is 7.76. The van der Waals surface area contributed by atoms with Crippen LogP contribution in [0, 0.1) is 5.92 Å². The van der Waals surface area contributed by atoms with E-state index in [0.717, 1.165) is 36.4 Å². The monoisotopic (exact) mass is 289 g/mol. The Balaban J connectivity index is 2.21. The maximum atomic E-state index is 8.93. The third kappa shape index (κ3) is 5.14. The van der Waals surface area contributed by atoms with Gasteiger partial charge in [0.2, 0.25) is 0 Å². The minimum Gasteiger partial charge on any atom is -0.453 e. The molecule has 92 valence electrons. The molecule has 1 aromatic rings. The van der Waals surface area contributed by atoms with E-state index >= 15 is 0 Å². The van der Waals surface area contributed by atoms with Gasteiger partial charge in [-0.2, -0.15) is 0 Å². The van der Waals surface area contributed by atoms with E-state index in [1.165, 1.54) is 6.42 Å². The van der Waals surface area contributed by atoms with Gasteiger partial charge >= 0.3 is 0 Å². The number of hydrogen-bond donors (Lipinski definition) is 2. The van der Waals surface area contributed by atoms with Crippen molar-refractivity contribution in [1.82, 2.24) is 5.32 Å². The summed E-state index contributed by atoms with van der Waals surface area (Å²) >= 11 is 3.28. The predicted octanol–water partition coefficient (Wildman–Crippen LogP) is 2.93. The lowest BCUT2D eigenvalue weighted by molar-refractivity contribution is 0.247. The lowest BCUT2D eigenvalue weighted by atomic mass is 10.0. The first kappa shape index (κ1) is 13.7. The topological polar surface area (TPSA) is 45.4 Å². The van der Waals surface area contributed by atoms with Crippen molar-refractivity contribution < 1.29 is 9.52 Å². The van der Waals surface area contributed by atoms with Crippen LogP contribution in [0.5, 0.6) is 0 Å². The Hall–Kier alpha value is -0.320. The van der Waals surface area contributed by atoms with Gasteiger partial charge in [-0.05, 0) is 53.4 Å². The summed E-state index contributed by atoms with van der Waals surface area (Å²) in [6, 6.07) is 3.85. The molecule has 1 aromatic heterocycles. The van der Waals surface area contributed by atoms with Crippen LogP contribution in [0.1, 0.15) is 31.9 Å². The Bertz CT molecular complexity index is 282. The number of furan rings is 1. The van der Waals surface area contributed by atoms with Crippen LogP contribution in [0.15, 0.2) is 21.2 Å². The molecule has 2 N–H and O–H groups in total. The van der Waals surface area contributed by atoms with Gasteiger partial charge in [0, 0.05) is 6.61 Å². The molecule has 1 rings (SSSR count). The largest absolute Gasteiger partial charge is 0.453 e. The van der Waals surface area contributed by atoms with E-state index in [1.54, 1.807) is 0 Å². The second-order valence-electron chi connectivity index (χ2n) is 4.00. The zero-order valence-corrected chi connectivity index (χ0v) is 11.3. The molecule has 4 heteroatoms. The van der Waals surface area contributed by atoms with E-state index in [9.17, 15) is 0 Å². The summed E-state index contributed by atoms with van der Waals surface area (Å²) in [4.78, 5) is 0. The molecule has 0 saturated heterocycles. The van der Waals surface area contributed by atoms with Crippen molar-refractivity contribution in [2.45, 2.75) is 32.7 Å². The van der Waals surface area contributed by atoms with Gasteiger partial charge in [0.1, 0.15) is 5.76 Å². The number of aliphatic hydroxyl groups excluding tert-OH is 1. The van der Waals surface area contributed by atoms with Crippen LogP contribution in [-0.2, 0) is 6.54 Å². The molecular formula is C12H20BrNO2. The number of rotatable bonds is 8. The fourth-order valence-electron chi connectivity index (χ4n) is 1.79. The van der Waals surface area contributed by atoms with Crippen LogP contribution in [0.2, 0.25) is 0 Å². The third-order valence-electron chi connectivity index (χ3n) is 2.60. The van der Waals surface area contributed by atoms with Crippen molar-refractivity contribution in [2.75, 3.05) is 13.2 Å². The van der Waals surface area contributed by atoms with Crippen LogP contribution >= 0.6 is 15.9 Å². The summed E-state index contributed by atoms with van der Waals surface area (Å²) in [6.07, 6.45) is 3.21. The summed E-state index contributed by atoms with van der Waals surface area (Å²) in [5.74, 6) is 1.50. The van der Waals surface area contributed by atoms with Crippen LogP contribution in [0.25, 0.3) is 0 Å². The first-order valence-corrected chi connectivity index (χ1v) is 6.61. The minimum absolute atomic E-state index is 0.276. The van der Waals surface area contributed by atoms with Gasteiger partial charge in [-0.15, -0.1) is 0 Å². The fraction of sp³-hybridized carbons (Fsp3) is 0.667. The maximum absolute atomic E-state index is 8.93. The highest BCUT2D eigenvalue weighted by molar-refractivity contribution is 9.10. The smallest absolute Gasteiger partial charge is 0.169 e. The lowest BCUT2D eigenvalue weighted by Gasteiger charge is -2.14. The molecule has 0 spiro atoms. The standard InChI is InChI=1S/C12H20BrNO2/c1-2-3-10(6-7-15)8-14-9-11-4-5-12(13)16-11/h4-5,10,14-15H,2-3,6-9H2,1H3. The summed E-state index contributed by atoms with van der Waals surface area (Å²) in [6.45, 7) is 4.14. The summed E-state index contributed by atoms with van der Waals surface area (Å²) < 4.78 is 6.16. The number of aliphatic hydroxyl groups is 1. The summed E-state index contributed by atoms with van der Waals surface area (Å²) in [7, 11) is 0. The summed E-state index contributed by atoms with van der Waals surface area (Å²) in [5, 5.41) is 12.3. The van der Waals surface area contributed by atoms with E-state index in [1.807, 2.05) is 12.1 Å². The zero-order chi connectivity index (χ0) is 11.8. The molecule has 1 heterocycles. The molecule has 0 aliphatic heterocycles. The highest BCUT2D eigenvalue weighted by Gasteiger charge is 2.07. The van der Waals surface area contributed by atoms with Crippen LogP contribution in [0.4, 0.5) is 0 Å². The van der Waals surface area contributed by atoms with Crippen LogP contribution in [0.3, 0.4) is 0 Å². The Morgan fingerprint density at radius 2 is 2.25 bits per heavy atom. The van der Waals surface area contributed by atoms with Crippen molar-refractivity contribution in [3.8, 4) is 0 Å². The first-order valence-electron chi connectivity index (χ1n) is 5.82. The molecule has 0 aromatic carbocycles. The highest BCUT2D eigenvalue weighted by Crippen LogP contribution is 2.14. The number of nitrogens with one attached hydrogen (secondary N) is 1. The third-order valence-corrected chi connectivity index (χ3v) is 3.02. The van der Waals surface area contributed by atoms with Crippen molar-refractivity contribution in [3.63, 3.8) is 0 Å². The molecule has 0 radical (unpaired) electrons. The van der Waals surface area contributed by atoms with E-state index in [4.69, 9.17) is 9.52 Å². The van der Waals surface area contributed by atoms with Gasteiger partial charge in [-0.3, -0.25) is 0 Å². The Morgan fingerprint density at radius 3 is 2.81 bits per heavy atom. The van der Waals surface area contributed by atoms with Gasteiger partial charge in [-0.25, -0.2) is 0 Å². The van der Waals surface area contributed by atoms with Gasteiger partial charge in [-0.1, -0.05) is 13.3 Å². The molecule has 0 aliphatic rings. The number of halogens is 1. The average Bonchev–Trinajstić information content (AvgIpc) is 2.65. The van der Waals surface area contributed by atoms with E-state index in [0.29, 0.717) is 5.92 Å². The Morgan fingerprint density at radius 1 is 1.44 bits per heavy atom. The molecule has 16 heavy (non-hydrogen) atoms. The van der Waals surface area contributed by atoms with Crippen LogP contribution in [-0.4, -0.2) is 18.3 Å². The summed E-state index contributed by atoms with van der Waals surface area (Å²) in [5.41, 5.74) is 0. The Labute approximate surface area is 105 Å². The maximum Gasteiger partial charge on any atom is 0.169 e. The molecule has 0 amide bonds. The van der Waals surface area contributed by atoms with Crippen molar-refractivity contribution in [1.29, 1.82) is 0 Å². The second-order valence-corrected chi connectivity index (χ2v) is 4.79. The molecular weight excluding hydrogens is 270 g/mol. The minimum atomic E-state index is 0.276. The lowest BCUT2D eigenvalue weighted by Crippen LogP contribution is -2.23. The number of hydrogen-bond acceptors (Lipinski definition) is 3. The van der Waals surface area contributed by atoms with Gasteiger partial charge in [0.05, 0.1) is 6.54 Å². The SMILES string of the molecule is CCCC(CCO)CNCc1ccc(Br)o1. The van der Waals surface area contributed by atoms with E-state index < -0.39 is 0 Å². The van der Waals surface area contributed by atoms with Crippen molar-refractivity contribution in [3.05, 3.63) is 22.6 Å². The predicted molar refractivity (Wildman–Crippen MR) is 68.2 cm³/mol. The fourth-order valence-corrected chi connectivity index (χ4v) is 2.13. The molecule has 0 aliphatic carbocycles. The van der Waals surface area contributed by atoms with Gasteiger partial charge < -0.3 is 14.8 Å². The highest BCUT2D eigenvalue weighted by atomic mass is 79.9. The molecule has 0 saturated carbocycles. The van der Waals surface area contributed by atoms with Gasteiger partial charge in [0.15, 0.2) is 4.67 Å². The van der Waals surface area contributed by atoms with Gasteiger partial charge in [0.25, 0.3) is 0 Å². The van der Waals surface area contributed by atoms with Crippen LogP contribution < -0.4 is 5.32 Å². The average molecular weight is 290 g/mol. The quantitative estimate of drug-likeness (QED) is 0.773. The van der Waals surface area contributed by atoms with E-state index in [-0.39, 0.29) is 6.61 Å². The zero-order valence-electron chi connectivity index (χ0n) is 9.71. The van der Waals surface area contributed by atoms with Crippen molar-refractivity contribution >= 4 is 15.9 Å². The molecule has 0 fully saturated rings. The molecule has 1 atom stereocenters. The Kier molecular flexibility index (Phi) is 6.76. The second kappa shape index (κ2) is 7.87. The molecule has 1 unspecified atom stereocenters. The molecule has 3 nitrogen and oxygen atoms in total.